The molecular formula is CAlO3-2. The molecule has 0 heterocycles. The lowest BCUT2D eigenvalue weighted by Crippen LogP contribution is -2.37. The van der Waals surface area contributed by atoms with Crippen molar-refractivity contribution < 1.29 is 15.0 Å². The molecule has 5 heavy (non-hydrogen) atoms. The van der Waals surface area contributed by atoms with E-state index in [1.807, 2.05) is 0 Å². The Morgan fingerprint density at radius 1 is 1.40 bits per heavy atom. The summed E-state index contributed by atoms with van der Waals surface area (Å²) in [5.41, 5.74) is 0. The van der Waals surface area contributed by atoms with Crippen LogP contribution < -0.4 is 10.2 Å². The number of hydrogen-bond acceptors (Lipinski definition) is 3. The van der Waals surface area contributed by atoms with Crippen molar-refractivity contribution in [2.75, 3.05) is 0 Å². The van der Waals surface area contributed by atoms with Crippen molar-refractivity contribution >= 4 is 23.5 Å². The van der Waals surface area contributed by atoms with Crippen molar-refractivity contribution in [3.05, 3.63) is 0 Å². The average Bonchev–Trinajstić information content (AvgIpc) is 0.811. The topological polar surface area (TPSA) is 63.2 Å². The Kier molecular flexibility index (Phi) is 6.72. The van der Waals surface area contributed by atoms with E-state index in [-0.39, 0.29) is 17.4 Å². The summed E-state index contributed by atoms with van der Waals surface area (Å²) >= 11 is 0. The van der Waals surface area contributed by atoms with E-state index in [9.17, 15) is 0 Å². The number of carboxylic acid groups (broad SMARTS) is 2. The Balaban J connectivity index is 0. The molecule has 0 aromatic carbocycles. The molecule has 0 aliphatic carbocycles. The first-order valence-electron chi connectivity index (χ1n) is 0.612. The summed E-state index contributed by atoms with van der Waals surface area (Å²) < 4.78 is 0. The molecule has 0 atom stereocenters. The second-order valence-electron chi connectivity index (χ2n) is 0.250. The van der Waals surface area contributed by atoms with Crippen LogP contribution >= 0.6 is 0 Å². The van der Waals surface area contributed by atoms with E-state index in [1.165, 1.54) is 0 Å². The van der Waals surface area contributed by atoms with E-state index in [0.717, 1.165) is 0 Å². The molecule has 0 rings (SSSR count). The fourth-order valence-electron chi connectivity index (χ4n) is 0. The molecule has 0 N–H and O–H groups in total. The highest BCUT2D eigenvalue weighted by molar-refractivity contribution is 5.75. The van der Waals surface area contributed by atoms with Crippen molar-refractivity contribution in [3.8, 4) is 0 Å². The van der Waals surface area contributed by atoms with Gasteiger partial charge in [0.2, 0.25) is 0 Å². The largest absolute Gasteiger partial charge is 0.652 e. The van der Waals surface area contributed by atoms with Crippen molar-refractivity contribution in [1.29, 1.82) is 0 Å². The van der Waals surface area contributed by atoms with Crippen molar-refractivity contribution in [1.82, 2.24) is 0 Å². The van der Waals surface area contributed by atoms with Gasteiger partial charge in [-0.1, -0.05) is 0 Å². The lowest BCUT2D eigenvalue weighted by molar-refractivity contribution is -0.415. The van der Waals surface area contributed by atoms with E-state index >= 15 is 0 Å². The standard InChI is InChI=1S/CH2O3.Al/c2-1(3)4;/h(H2,2,3,4);/p-2. The van der Waals surface area contributed by atoms with E-state index < -0.39 is 6.16 Å². The summed E-state index contributed by atoms with van der Waals surface area (Å²) in [6.45, 7) is 0. The highest BCUT2D eigenvalue weighted by Gasteiger charge is 1.26. The van der Waals surface area contributed by atoms with Crippen molar-refractivity contribution in [2.45, 2.75) is 0 Å². The van der Waals surface area contributed by atoms with Crippen LogP contribution in [0.15, 0.2) is 0 Å². The molecule has 0 aliphatic heterocycles. The molecule has 27 valence electrons. The summed E-state index contributed by atoms with van der Waals surface area (Å²) in [5.74, 6) is 0. The van der Waals surface area contributed by atoms with Gasteiger partial charge in [0, 0.05) is 17.4 Å². The quantitative estimate of drug-likeness (QED) is 0.299. The third-order valence-electron chi connectivity index (χ3n) is 0. The molecule has 0 unspecified atom stereocenters. The summed E-state index contributed by atoms with van der Waals surface area (Å²) in [5, 5.41) is 16.7. The third kappa shape index (κ3) is 317. The fourth-order valence-corrected chi connectivity index (χ4v) is 0. The highest BCUT2D eigenvalue weighted by Crippen LogP contribution is 1.21. The number of rotatable bonds is 0. The molecule has 0 aliphatic rings. The molecule has 3 nitrogen and oxygen atoms in total. The Morgan fingerprint density at radius 3 is 1.40 bits per heavy atom. The maximum absolute atomic E-state index is 8.33. The first-order valence-corrected chi connectivity index (χ1v) is 0.612. The average molecular weight is 87.0 g/mol. The van der Waals surface area contributed by atoms with Crippen LogP contribution in [0.1, 0.15) is 0 Å². The molecule has 3 radical (unpaired) electrons. The van der Waals surface area contributed by atoms with Gasteiger partial charge in [0.1, 0.15) is 0 Å². The van der Waals surface area contributed by atoms with Gasteiger partial charge in [-0.15, -0.1) is 0 Å². The summed E-state index contributed by atoms with van der Waals surface area (Å²) in [4.78, 5) is 8.33. The van der Waals surface area contributed by atoms with Crippen molar-refractivity contribution in [3.63, 3.8) is 0 Å². The molecule has 4 heteroatoms. The maximum atomic E-state index is 8.33. The minimum Gasteiger partial charge on any atom is -0.652 e. The molecular weight excluding hydrogens is 87.0 g/mol. The molecule has 0 aromatic heterocycles. The van der Waals surface area contributed by atoms with Crippen LogP contribution in [0.25, 0.3) is 0 Å². The zero-order chi connectivity index (χ0) is 3.58. The molecule has 0 spiro atoms. The molecule has 0 aromatic rings. The van der Waals surface area contributed by atoms with Crippen LogP contribution in [-0.4, -0.2) is 23.5 Å². The number of hydrogen-bond donors (Lipinski definition) is 0. The van der Waals surface area contributed by atoms with Crippen LogP contribution in [-0.2, 0) is 0 Å². The monoisotopic (exact) mass is 87.0 g/mol. The Labute approximate surface area is 39.4 Å². The van der Waals surface area contributed by atoms with Gasteiger partial charge in [-0.25, -0.2) is 0 Å². The summed E-state index contributed by atoms with van der Waals surface area (Å²) in [6, 6.07) is 0. The molecule has 0 amide bonds. The van der Waals surface area contributed by atoms with Gasteiger partial charge in [0.25, 0.3) is 0 Å². The number of carbonyl (C=O) groups excluding carboxylic acids is 1. The van der Waals surface area contributed by atoms with Crippen LogP contribution in [0, 0.1) is 0 Å². The molecule has 0 fully saturated rings. The predicted molar refractivity (Wildman–Crippen MR) is 11.1 cm³/mol. The number of carbonyl (C=O) groups is 1. The molecule has 0 bridgehead atoms. The minimum absolute atomic E-state index is 0. The Hall–Kier alpha value is -0.198. The van der Waals surface area contributed by atoms with E-state index in [2.05, 4.69) is 0 Å². The lowest BCUT2D eigenvalue weighted by atomic mass is 11.5. The Morgan fingerprint density at radius 2 is 1.40 bits per heavy atom. The second kappa shape index (κ2) is 3.80. The van der Waals surface area contributed by atoms with Gasteiger partial charge in [-0.2, -0.15) is 0 Å². The Bertz CT molecular complexity index is 29.9. The second-order valence-corrected chi connectivity index (χ2v) is 0.250. The van der Waals surface area contributed by atoms with Gasteiger partial charge < -0.3 is 15.0 Å². The van der Waals surface area contributed by atoms with Crippen LogP contribution in [0.5, 0.6) is 0 Å². The predicted octanol–water partition coefficient (Wildman–Crippen LogP) is -2.83. The first-order chi connectivity index (χ1) is 1.73. The maximum Gasteiger partial charge on any atom is 0 e. The van der Waals surface area contributed by atoms with Gasteiger partial charge in [-0.3, -0.25) is 0 Å². The summed E-state index contributed by atoms with van der Waals surface area (Å²) in [6.07, 6.45) is -2.33. The van der Waals surface area contributed by atoms with E-state index in [0.29, 0.717) is 0 Å². The first kappa shape index (κ1) is 8.84. The fraction of sp³-hybridized carbons (Fsp3) is 0. The lowest BCUT2D eigenvalue weighted by Gasteiger charge is -1.96. The summed E-state index contributed by atoms with van der Waals surface area (Å²) in [7, 11) is 0. The van der Waals surface area contributed by atoms with Gasteiger partial charge in [0.05, 0.1) is 0 Å². The smallest absolute Gasteiger partial charge is 0 e. The van der Waals surface area contributed by atoms with Crippen LogP contribution in [0.4, 0.5) is 4.79 Å². The van der Waals surface area contributed by atoms with Gasteiger partial charge in [0.15, 0.2) is 0 Å². The van der Waals surface area contributed by atoms with Crippen LogP contribution in [0.3, 0.4) is 0 Å². The van der Waals surface area contributed by atoms with Gasteiger partial charge >= 0.3 is 0 Å². The van der Waals surface area contributed by atoms with E-state index in [4.69, 9.17) is 15.0 Å². The van der Waals surface area contributed by atoms with Crippen molar-refractivity contribution in [2.24, 2.45) is 0 Å². The van der Waals surface area contributed by atoms with Gasteiger partial charge in [-0.05, 0) is 6.16 Å². The third-order valence-corrected chi connectivity index (χ3v) is 0. The minimum atomic E-state index is -2.33. The highest BCUT2D eigenvalue weighted by atomic mass is 27.0. The zero-order valence-electron chi connectivity index (χ0n) is 2.30. The van der Waals surface area contributed by atoms with E-state index in [1.54, 1.807) is 0 Å². The molecule has 0 saturated carbocycles. The SMILES string of the molecule is O=C([O-])[O-].[Al]. The molecule has 0 saturated heterocycles. The van der Waals surface area contributed by atoms with Crippen LogP contribution in [0.2, 0.25) is 0 Å². The normalized spacial score (nSPS) is 4.80. The zero-order valence-corrected chi connectivity index (χ0v) is 3.46.